The van der Waals surface area contributed by atoms with E-state index in [0.29, 0.717) is 22.3 Å². The van der Waals surface area contributed by atoms with Gasteiger partial charge in [0.1, 0.15) is 16.6 Å². The van der Waals surface area contributed by atoms with E-state index in [4.69, 9.17) is 0 Å². The van der Waals surface area contributed by atoms with E-state index in [2.05, 4.69) is 30.8 Å². The van der Waals surface area contributed by atoms with E-state index < -0.39 is 0 Å². The fourth-order valence-corrected chi connectivity index (χ4v) is 3.57. The highest BCUT2D eigenvalue weighted by Gasteiger charge is 2.11. The van der Waals surface area contributed by atoms with Crippen LogP contribution < -0.4 is 10.6 Å². The van der Waals surface area contributed by atoms with Gasteiger partial charge in [-0.25, -0.2) is 9.97 Å². The van der Waals surface area contributed by atoms with E-state index in [9.17, 15) is 4.79 Å². The third-order valence-corrected chi connectivity index (χ3v) is 5.28. The van der Waals surface area contributed by atoms with E-state index in [1.807, 2.05) is 62.4 Å². The van der Waals surface area contributed by atoms with E-state index in [-0.39, 0.29) is 5.91 Å². The van der Waals surface area contributed by atoms with Crippen LogP contribution in [-0.4, -0.2) is 26.1 Å². The molecule has 0 aliphatic heterocycles. The lowest BCUT2D eigenvalue weighted by molar-refractivity contribution is 0.102. The number of aromatic nitrogens is 4. The van der Waals surface area contributed by atoms with Gasteiger partial charge in [-0.15, -0.1) is 10.2 Å². The molecule has 0 atom stereocenters. The summed E-state index contributed by atoms with van der Waals surface area (Å²) in [6.07, 6.45) is 0.788. The normalized spacial score (nSPS) is 10.6. The third-order valence-electron chi connectivity index (χ3n) is 4.29. The molecule has 0 saturated carbocycles. The van der Waals surface area contributed by atoms with Crippen molar-refractivity contribution in [2.24, 2.45) is 0 Å². The number of anilines is 3. The van der Waals surface area contributed by atoms with E-state index in [0.717, 1.165) is 28.4 Å². The minimum absolute atomic E-state index is 0.235. The van der Waals surface area contributed by atoms with Crippen molar-refractivity contribution in [1.29, 1.82) is 0 Å². The zero-order valence-electron chi connectivity index (χ0n) is 16.6. The van der Waals surface area contributed by atoms with E-state index in [1.54, 1.807) is 12.1 Å². The number of hydrogen-bond donors (Lipinski definition) is 2. The van der Waals surface area contributed by atoms with Gasteiger partial charge in [0.05, 0.1) is 5.69 Å². The Balaban J connectivity index is 1.53. The van der Waals surface area contributed by atoms with Crippen LogP contribution in [0.5, 0.6) is 0 Å². The van der Waals surface area contributed by atoms with Crippen LogP contribution in [0, 0.1) is 6.92 Å². The van der Waals surface area contributed by atoms with E-state index >= 15 is 0 Å². The Labute approximate surface area is 178 Å². The summed E-state index contributed by atoms with van der Waals surface area (Å²) in [5, 5.41) is 15.5. The molecular formula is C22H20N6OS. The molecule has 0 saturated heterocycles. The first kappa shape index (κ1) is 19.7. The summed E-state index contributed by atoms with van der Waals surface area (Å²) in [7, 11) is 0. The van der Waals surface area contributed by atoms with Gasteiger partial charge in [0.15, 0.2) is 0 Å². The van der Waals surface area contributed by atoms with Crippen molar-refractivity contribution >= 4 is 33.9 Å². The molecule has 0 bridgehead atoms. The molecule has 8 heteroatoms. The molecule has 0 spiro atoms. The SMILES string of the molecule is CCc1nnc(NC(=O)c2cccc(Nc3cc(-c4ccccc4)nc(C)n3)c2)s1. The van der Waals surface area contributed by atoms with Gasteiger partial charge >= 0.3 is 0 Å². The number of nitrogens with zero attached hydrogens (tertiary/aromatic N) is 4. The monoisotopic (exact) mass is 416 g/mol. The molecule has 30 heavy (non-hydrogen) atoms. The number of nitrogens with one attached hydrogen (secondary N) is 2. The van der Waals surface area contributed by atoms with Crippen molar-refractivity contribution in [3.63, 3.8) is 0 Å². The fourth-order valence-electron chi connectivity index (χ4n) is 2.89. The van der Waals surface area contributed by atoms with Crippen molar-refractivity contribution in [3.8, 4) is 11.3 Å². The molecule has 4 aromatic rings. The molecule has 0 aliphatic carbocycles. The molecule has 2 aromatic heterocycles. The Kier molecular flexibility index (Phi) is 5.76. The highest BCUT2D eigenvalue weighted by atomic mass is 32.1. The molecule has 1 amide bonds. The van der Waals surface area contributed by atoms with Crippen LogP contribution in [0.3, 0.4) is 0 Å². The molecule has 0 radical (unpaired) electrons. The number of carbonyl (C=O) groups is 1. The highest BCUT2D eigenvalue weighted by molar-refractivity contribution is 7.15. The maximum Gasteiger partial charge on any atom is 0.257 e. The second-order valence-corrected chi connectivity index (χ2v) is 7.63. The quantitative estimate of drug-likeness (QED) is 0.466. The summed E-state index contributed by atoms with van der Waals surface area (Å²) in [4.78, 5) is 21.6. The van der Waals surface area contributed by atoms with Crippen LogP contribution in [0.15, 0.2) is 60.7 Å². The molecule has 150 valence electrons. The van der Waals surface area contributed by atoms with Gasteiger partial charge in [0, 0.05) is 22.9 Å². The molecule has 0 unspecified atom stereocenters. The van der Waals surface area contributed by atoms with Gasteiger partial charge < -0.3 is 5.32 Å². The van der Waals surface area contributed by atoms with Crippen molar-refractivity contribution in [2.75, 3.05) is 10.6 Å². The molecule has 2 heterocycles. The van der Waals surface area contributed by atoms with Crippen molar-refractivity contribution < 1.29 is 4.79 Å². The lowest BCUT2D eigenvalue weighted by Gasteiger charge is -2.10. The molecule has 2 aromatic carbocycles. The van der Waals surface area contributed by atoms with Crippen LogP contribution >= 0.6 is 11.3 Å². The second kappa shape index (κ2) is 8.79. The van der Waals surface area contributed by atoms with Crippen LogP contribution in [-0.2, 0) is 6.42 Å². The molecule has 7 nitrogen and oxygen atoms in total. The average molecular weight is 417 g/mol. The molecule has 0 fully saturated rings. The lowest BCUT2D eigenvalue weighted by Crippen LogP contribution is -2.12. The van der Waals surface area contributed by atoms with Crippen molar-refractivity contribution in [1.82, 2.24) is 20.2 Å². The number of hydrogen-bond acceptors (Lipinski definition) is 7. The lowest BCUT2D eigenvalue weighted by atomic mass is 10.1. The van der Waals surface area contributed by atoms with Gasteiger partial charge in [-0.3, -0.25) is 10.1 Å². The zero-order chi connectivity index (χ0) is 20.9. The van der Waals surface area contributed by atoms with Crippen LogP contribution in [0.1, 0.15) is 28.1 Å². The fraction of sp³-hybridized carbons (Fsp3) is 0.136. The first-order valence-electron chi connectivity index (χ1n) is 9.52. The first-order valence-corrected chi connectivity index (χ1v) is 10.3. The van der Waals surface area contributed by atoms with Gasteiger partial charge in [-0.2, -0.15) is 0 Å². The number of carbonyl (C=O) groups excluding carboxylic acids is 1. The summed E-state index contributed by atoms with van der Waals surface area (Å²) < 4.78 is 0. The highest BCUT2D eigenvalue weighted by Crippen LogP contribution is 2.23. The largest absolute Gasteiger partial charge is 0.340 e. The number of amides is 1. The van der Waals surface area contributed by atoms with Crippen molar-refractivity contribution in [2.45, 2.75) is 20.3 Å². The van der Waals surface area contributed by atoms with Crippen LogP contribution in [0.2, 0.25) is 0 Å². The van der Waals surface area contributed by atoms with Gasteiger partial charge in [-0.05, 0) is 31.5 Å². The second-order valence-electron chi connectivity index (χ2n) is 6.57. The van der Waals surface area contributed by atoms with Crippen molar-refractivity contribution in [3.05, 3.63) is 77.1 Å². The molecule has 4 rings (SSSR count). The summed E-state index contributed by atoms with van der Waals surface area (Å²) in [5.41, 5.74) is 3.12. The topological polar surface area (TPSA) is 92.7 Å². The predicted molar refractivity (Wildman–Crippen MR) is 119 cm³/mol. The molecule has 2 N–H and O–H groups in total. The average Bonchev–Trinajstić information content (AvgIpc) is 3.22. The first-order chi connectivity index (χ1) is 14.6. The number of rotatable bonds is 6. The van der Waals surface area contributed by atoms with Crippen LogP contribution in [0.4, 0.5) is 16.6 Å². The van der Waals surface area contributed by atoms with E-state index in [1.165, 1.54) is 11.3 Å². The maximum atomic E-state index is 12.6. The number of benzene rings is 2. The Morgan fingerprint density at radius 1 is 1.00 bits per heavy atom. The zero-order valence-corrected chi connectivity index (χ0v) is 17.4. The predicted octanol–water partition coefficient (Wildman–Crippen LogP) is 4.86. The third kappa shape index (κ3) is 4.66. The summed E-state index contributed by atoms with van der Waals surface area (Å²) in [5.74, 6) is 1.09. The Bertz CT molecular complexity index is 1180. The molecular weight excluding hydrogens is 396 g/mol. The smallest absolute Gasteiger partial charge is 0.257 e. The van der Waals surface area contributed by atoms with Crippen LogP contribution in [0.25, 0.3) is 11.3 Å². The maximum absolute atomic E-state index is 12.6. The summed E-state index contributed by atoms with van der Waals surface area (Å²) in [6, 6.07) is 19.1. The summed E-state index contributed by atoms with van der Waals surface area (Å²) in [6.45, 7) is 3.85. The number of aryl methyl sites for hydroxylation is 2. The minimum atomic E-state index is -0.235. The Hall–Kier alpha value is -3.65. The Morgan fingerprint density at radius 2 is 1.83 bits per heavy atom. The minimum Gasteiger partial charge on any atom is -0.340 e. The standard InChI is InChI=1S/C22H20N6OS/c1-3-20-27-28-22(30-20)26-21(29)16-10-7-11-17(12-16)25-19-13-18(23-14(2)24-19)15-8-5-4-6-9-15/h4-13H,3H2,1-2H3,(H,23,24,25)(H,26,28,29). The van der Waals surface area contributed by atoms with Gasteiger partial charge in [0.25, 0.3) is 5.91 Å². The summed E-state index contributed by atoms with van der Waals surface area (Å²) >= 11 is 1.38. The molecule has 0 aliphatic rings. The Morgan fingerprint density at radius 3 is 2.60 bits per heavy atom. The van der Waals surface area contributed by atoms with Gasteiger partial charge in [0.2, 0.25) is 5.13 Å². The van der Waals surface area contributed by atoms with Gasteiger partial charge in [-0.1, -0.05) is 54.7 Å².